The molecule has 0 saturated heterocycles. The Kier molecular flexibility index (Phi) is 3.06. The van der Waals surface area contributed by atoms with Crippen molar-refractivity contribution in [1.82, 2.24) is 10.1 Å². The molecule has 0 bridgehead atoms. The van der Waals surface area contributed by atoms with Gasteiger partial charge >= 0.3 is 0 Å². The van der Waals surface area contributed by atoms with Gasteiger partial charge in [0, 0.05) is 0 Å². The first kappa shape index (κ1) is 12.9. The summed E-state index contributed by atoms with van der Waals surface area (Å²) in [4.78, 5) is 5.04. The number of hydrogen-bond acceptors (Lipinski definition) is 5. The smallest absolute Gasteiger partial charge is 0.271 e. The molecule has 0 aliphatic carbocycles. The van der Waals surface area contributed by atoms with Crippen molar-refractivity contribution in [3.05, 3.63) is 53.2 Å². The molecule has 2 heterocycles. The summed E-state index contributed by atoms with van der Waals surface area (Å²) in [6, 6.07) is 11.7. The molecule has 102 valence electrons. The topological polar surface area (TPSA) is 59.2 Å². The van der Waals surface area contributed by atoms with Gasteiger partial charge in [-0.2, -0.15) is 4.98 Å². The number of nitrogens with zero attached hydrogens (tertiary/aromatic N) is 2. The van der Waals surface area contributed by atoms with Gasteiger partial charge < -0.3 is 9.63 Å². The third-order valence-electron chi connectivity index (χ3n) is 3.32. The van der Waals surface area contributed by atoms with E-state index in [0.717, 1.165) is 5.56 Å². The van der Waals surface area contributed by atoms with Crippen LogP contribution in [0.15, 0.2) is 46.3 Å². The van der Waals surface area contributed by atoms with Crippen molar-refractivity contribution in [1.29, 1.82) is 0 Å². The van der Waals surface area contributed by atoms with E-state index in [1.165, 1.54) is 11.3 Å². The van der Waals surface area contributed by atoms with Crippen LogP contribution in [0.1, 0.15) is 25.2 Å². The van der Waals surface area contributed by atoms with Crippen molar-refractivity contribution < 1.29 is 9.63 Å². The van der Waals surface area contributed by atoms with Crippen LogP contribution in [0.3, 0.4) is 0 Å². The van der Waals surface area contributed by atoms with Gasteiger partial charge in [-0.05, 0) is 30.9 Å². The first-order valence-corrected chi connectivity index (χ1v) is 7.13. The number of rotatable bonds is 3. The third-order valence-corrected chi connectivity index (χ3v) is 4.21. The van der Waals surface area contributed by atoms with Crippen LogP contribution in [0.4, 0.5) is 0 Å². The molecule has 3 rings (SSSR count). The van der Waals surface area contributed by atoms with E-state index in [0.29, 0.717) is 16.6 Å². The second-order valence-electron chi connectivity index (χ2n) is 5.05. The molecule has 0 unspecified atom stereocenters. The fourth-order valence-electron chi connectivity index (χ4n) is 2.02. The van der Waals surface area contributed by atoms with Crippen LogP contribution in [0.2, 0.25) is 0 Å². The van der Waals surface area contributed by atoms with Crippen LogP contribution in [0, 0.1) is 0 Å². The van der Waals surface area contributed by atoms with Gasteiger partial charge in [0.05, 0.1) is 5.41 Å². The molecule has 0 aliphatic rings. The van der Waals surface area contributed by atoms with E-state index in [4.69, 9.17) is 4.52 Å². The van der Waals surface area contributed by atoms with Crippen molar-refractivity contribution in [3.8, 4) is 16.5 Å². The second-order valence-corrected chi connectivity index (χ2v) is 5.97. The van der Waals surface area contributed by atoms with Crippen molar-refractivity contribution in [2.45, 2.75) is 19.3 Å². The molecule has 1 aromatic carbocycles. The summed E-state index contributed by atoms with van der Waals surface area (Å²) in [5.74, 6) is 1.13. The average molecular weight is 286 g/mol. The Morgan fingerprint density at radius 2 is 1.90 bits per heavy atom. The zero-order chi connectivity index (χ0) is 14.2. The van der Waals surface area contributed by atoms with E-state index >= 15 is 0 Å². The minimum absolute atomic E-state index is 0.169. The lowest BCUT2D eigenvalue weighted by Crippen LogP contribution is -2.20. The Morgan fingerprint density at radius 3 is 2.55 bits per heavy atom. The lowest BCUT2D eigenvalue weighted by atomic mass is 9.84. The van der Waals surface area contributed by atoms with E-state index in [2.05, 4.69) is 10.1 Å². The van der Waals surface area contributed by atoms with E-state index in [1.54, 1.807) is 11.4 Å². The predicted molar refractivity (Wildman–Crippen MR) is 77.8 cm³/mol. The summed E-state index contributed by atoms with van der Waals surface area (Å²) in [7, 11) is 0. The van der Waals surface area contributed by atoms with E-state index in [1.807, 2.05) is 44.2 Å². The van der Waals surface area contributed by atoms with Crippen LogP contribution < -0.4 is 0 Å². The number of aromatic nitrogens is 2. The second kappa shape index (κ2) is 4.76. The highest BCUT2D eigenvalue weighted by Gasteiger charge is 2.29. The van der Waals surface area contributed by atoms with Gasteiger partial charge in [0.25, 0.3) is 5.89 Å². The standard InChI is InChI=1S/C15H14N2O2S/c1-15(2,10-6-4-3-5-7-10)14-16-13(19-17-14)12-11(18)8-9-20-12/h3-9,18H,1-2H3. The lowest BCUT2D eigenvalue weighted by molar-refractivity contribution is 0.406. The Labute approximate surface area is 120 Å². The quantitative estimate of drug-likeness (QED) is 0.795. The van der Waals surface area contributed by atoms with Crippen LogP contribution >= 0.6 is 11.3 Å². The summed E-state index contributed by atoms with van der Waals surface area (Å²) in [6.07, 6.45) is 0. The minimum Gasteiger partial charge on any atom is -0.506 e. The summed E-state index contributed by atoms with van der Waals surface area (Å²) < 4.78 is 5.29. The molecule has 5 heteroatoms. The normalized spacial score (nSPS) is 11.7. The highest BCUT2D eigenvalue weighted by atomic mass is 32.1. The van der Waals surface area contributed by atoms with E-state index in [-0.39, 0.29) is 11.2 Å². The molecule has 1 N–H and O–H groups in total. The number of aromatic hydroxyl groups is 1. The lowest BCUT2D eigenvalue weighted by Gasteiger charge is -2.20. The Balaban J connectivity index is 2.00. The fourth-order valence-corrected chi connectivity index (χ4v) is 2.72. The van der Waals surface area contributed by atoms with Crippen LogP contribution in [-0.2, 0) is 5.41 Å². The van der Waals surface area contributed by atoms with Gasteiger partial charge in [0.2, 0.25) is 0 Å². The van der Waals surface area contributed by atoms with E-state index < -0.39 is 0 Å². The number of hydrogen-bond donors (Lipinski definition) is 1. The van der Waals surface area contributed by atoms with Crippen molar-refractivity contribution in [2.24, 2.45) is 0 Å². The third kappa shape index (κ3) is 2.10. The molecule has 0 aliphatic heterocycles. The Hall–Kier alpha value is -2.14. The summed E-state index contributed by atoms with van der Waals surface area (Å²) in [5.41, 5.74) is 0.762. The largest absolute Gasteiger partial charge is 0.506 e. The molecular formula is C15H14N2O2S. The average Bonchev–Trinajstić information content (AvgIpc) is 3.08. The minimum atomic E-state index is -0.351. The monoisotopic (exact) mass is 286 g/mol. The van der Waals surface area contributed by atoms with Crippen molar-refractivity contribution in [2.75, 3.05) is 0 Å². The highest BCUT2D eigenvalue weighted by Crippen LogP contribution is 2.36. The van der Waals surface area contributed by atoms with Gasteiger partial charge in [0.1, 0.15) is 10.6 Å². The van der Waals surface area contributed by atoms with E-state index in [9.17, 15) is 5.11 Å². The fraction of sp³-hybridized carbons (Fsp3) is 0.200. The molecule has 0 amide bonds. The molecule has 0 fully saturated rings. The molecule has 2 aromatic heterocycles. The van der Waals surface area contributed by atoms with Crippen LogP contribution in [0.25, 0.3) is 10.8 Å². The molecule has 0 atom stereocenters. The molecule has 3 aromatic rings. The maximum absolute atomic E-state index is 9.72. The first-order valence-electron chi connectivity index (χ1n) is 6.25. The molecule has 0 spiro atoms. The zero-order valence-corrected chi connectivity index (χ0v) is 12.0. The molecule has 0 radical (unpaired) electrons. The summed E-state index contributed by atoms with van der Waals surface area (Å²) in [6.45, 7) is 4.09. The highest BCUT2D eigenvalue weighted by molar-refractivity contribution is 7.13. The van der Waals surface area contributed by atoms with Crippen LogP contribution in [0.5, 0.6) is 5.75 Å². The number of benzene rings is 1. The van der Waals surface area contributed by atoms with Gasteiger partial charge in [0.15, 0.2) is 5.82 Å². The van der Waals surface area contributed by atoms with Gasteiger partial charge in [-0.15, -0.1) is 11.3 Å². The number of thiophene rings is 1. The van der Waals surface area contributed by atoms with Gasteiger partial charge in [-0.25, -0.2) is 0 Å². The maximum atomic E-state index is 9.72. The maximum Gasteiger partial charge on any atom is 0.271 e. The van der Waals surface area contributed by atoms with Crippen molar-refractivity contribution in [3.63, 3.8) is 0 Å². The molecule has 20 heavy (non-hydrogen) atoms. The molecular weight excluding hydrogens is 272 g/mol. The van der Waals surface area contributed by atoms with Gasteiger partial charge in [-0.1, -0.05) is 35.5 Å². The molecule has 0 saturated carbocycles. The summed E-state index contributed by atoms with van der Waals surface area (Å²) in [5, 5.41) is 15.6. The SMILES string of the molecule is CC(C)(c1ccccc1)c1noc(-c2sccc2O)n1. The Bertz CT molecular complexity index is 716. The molecule has 4 nitrogen and oxygen atoms in total. The van der Waals surface area contributed by atoms with Crippen LogP contribution in [-0.4, -0.2) is 15.2 Å². The Morgan fingerprint density at radius 1 is 1.15 bits per heavy atom. The predicted octanol–water partition coefficient (Wildman–Crippen LogP) is 3.83. The first-order chi connectivity index (χ1) is 9.59. The van der Waals surface area contributed by atoms with Gasteiger partial charge in [-0.3, -0.25) is 0 Å². The summed E-state index contributed by atoms with van der Waals surface area (Å²) >= 11 is 1.38. The van der Waals surface area contributed by atoms with Crippen molar-refractivity contribution >= 4 is 11.3 Å². The zero-order valence-electron chi connectivity index (χ0n) is 11.2.